The average Bonchev–Trinajstić information content (AvgIpc) is 2.71. The van der Waals surface area contributed by atoms with E-state index in [4.69, 9.17) is 4.99 Å². The first-order chi connectivity index (χ1) is 13.1. The molecule has 1 aliphatic rings. The molecule has 0 amide bonds. The lowest BCUT2D eigenvalue weighted by Gasteiger charge is -2.21. The second kappa shape index (κ2) is 8.12. The number of anilines is 1. The van der Waals surface area contributed by atoms with Crippen molar-refractivity contribution >= 4 is 28.6 Å². The highest BCUT2D eigenvalue weighted by Crippen LogP contribution is 2.26. The molecule has 4 heteroatoms. The van der Waals surface area contributed by atoms with E-state index in [1.54, 1.807) is 7.05 Å². The standard InChI is InChI=1S/C23H25N3O/c1-5-26(6-2)18-13-11-17(12-14-18)25-22-15-21(16(3)24-4)23(27)20-10-8-7-9-19(20)22/h7-15H,5-6H2,1-4H3. The maximum Gasteiger partial charge on any atom is 0.195 e. The van der Waals surface area contributed by atoms with Gasteiger partial charge in [-0.2, -0.15) is 0 Å². The molecule has 0 heterocycles. The third-order valence-electron chi connectivity index (χ3n) is 4.93. The van der Waals surface area contributed by atoms with Crippen LogP contribution in [-0.2, 0) is 0 Å². The van der Waals surface area contributed by atoms with Crippen molar-refractivity contribution < 1.29 is 4.79 Å². The zero-order valence-electron chi connectivity index (χ0n) is 16.4. The Hall–Kier alpha value is -3.01. The van der Waals surface area contributed by atoms with Crippen molar-refractivity contribution in [2.75, 3.05) is 25.0 Å². The normalized spacial score (nSPS) is 15.6. The molecule has 0 radical (unpaired) electrons. The number of ketones is 1. The minimum Gasteiger partial charge on any atom is -0.372 e. The van der Waals surface area contributed by atoms with Gasteiger partial charge in [0.15, 0.2) is 5.78 Å². The molecule has 0 fully saturated rings. The highest BCUT2D eigenvalue weighted by molar-refractivity contribution is 6.36. The van der Waals surface area contributed by atoms with E-state index in [1.807, 2.05) is 49.4 Å². The molecule has 0 aromatic heterocycles. The number of hydrogen-bond acceptors (Lipinski definition) is 4. The molecule has 2 aromatic carbocycles. The summed E-state index contributed by atoms with van der Waals surface area (Å²) in [5, 5.41) is 0. The molecule has 0 unspecified atom stereocenters. The van der Waals surface area contributed by atoms with Crippen molar-refractivity contribution in [1.82, 2.24) is 0 Å². The number of carbonyl (C=O) groups excluding carboxylic acids is 1. The van der Waals surface area contributed by atoms with E-state index in [0.29, 0.717) is 11.1 Å². The van der Waals surface area contributed by atoms with Gasteiger partial charge in [0.25, 0.3) is 0 Å². The lowest BCUT2D eigenvalue weighted by Crippen LogP contribution is -2.21. The van der Waals surface area contributed by atoms with Gasteiger partial charge in [0, 0.05) is 48.2 Å². The van der Waals surface area contributed by atoms with Crippen molar-refractivity contribution in [2.45, 2.75) is 20.8 Å². The van der Waals surface area contributed by atoms with Gasteiger partial charge in [0.05, 0.1) is 11.4 Å². The van der Waals surface area contributed by atoms with Crippen molar-refractivity contribution in [2.24, 2.45) is 9.98 Å². The van der Waals surface area contributed by atoms with Crippen LogP contribution in [0.4, 0.5) is 11.4 Å². The van der Waals surface area contributed by atoms with Crippen LogP contribution < -0.4 is 4.90 Å². The fourth-order valence-electron chi connectivity index (χ4n) is 3.28. The lowest BCUT2D eigenvalue weighted by atomic mass is 9.87. The molecule has 138 valence electrons. The van der Waals surface area contributed by atoms with Gasteiger partial charge in [-0.1, -0.05) is 24.3 Å². The van der Waals surface area contributed by atoms with E-state index in [-0.39, 0.29) is 5.78 Å². The second-order valence-corrected chi connectivity index (χ2v) is 6.43. The van der Waals surface area contributed by atoms with Crippen molar-refractivity contribution in [1.29, 1.82) is 0 Å². The van der Waals surface area contributed by atoms with E-state index in [9.17, 15) is 4.79 Å². The van der Waals surface area contributed by atoms with Crippen LogP contribution in [0.2, 0.25) is 0 Å². The fourth-order valence-corrected chi connectivity index (χ4v) is 3.28. The molecule has 0 atom stereocenters. The minimum absolute atomic E-state index is 0.00420. The van der Waals surface area contributed by atoms with Crippen LogP contribution in [0, 0.1) is 0 Å². The molecular weight excluding hydrogens is 334 g/mol. The molecule has 0 bridgehead atoms. The Balaban J connectivity index is 2.05. The fraction of sp³-hybridized carbons (Fsp3) is 0.261. The summed E-state index contributed by atoms with van der Waals surface area (Å²) in [6.07, 6.45) is 1.85. The Morgan fingerprint density at radius 1 is 0.963 bits per heavy atom. The van der Waals surface area contributed by atoms with Gasteiger partial charge in [-0.15, -0.1) is 0 Å². The minimum atomic E-state index is 0.00420. The summed E-state index contributed by atoms with van der Waals surface area (Å²) < 4.78 is 0. The first kappa shape index (κ1) is 18.8. The van der Waals surface area contributed by atoms with Gasteiger partial charge in [-0.3, -0.25) is 9.79 Å². The Morgan fingerprint density at radius 2 is 1.59 bits per heavy atom. The molecule has 3 rings (SSSR count). The summed E-state index contributed by atoms with van der Waals surface area (Å²) in [7, 11) is 1.70. The number of hydrogen-bond donors (Lipinski definition) is 0. The summed E-state index contributed by atoms with van der Waals surface area (Å²) >= 11 is 0. The number of nitrogens with zero attached hydrogens (tertiary/aromatic N) is 3. The maximum absolute atomic E-state index is 12.8. The van der Waals surface area contributed by atoms with E-state index < -0.39 is 0 Å². The number of benzene rings is 2. The molecule has 0 spiro atoms. The van der Waals surface area contributed by atoms with Gasteiger partial charge in [0.1, 0.15) is 0 Å². The van der Waals surface area contributed by atoms with E-state index in [1.165, 1.54) is 5.69 Å². The first-order valence-corrected chi connectivity index (χ1v) is 9.32. The number of allylic oxidation sites excluding steroid dienone is 2. The zero-order valence-corrected chi connectivity index (χ0v) is 16.4. The van der Waals surface area contributed by atoms with Crippen molar-refractivity contribution in [3.63, 3.8) is 0 Å². The lowest BCUT2D eigenvalue weighted by molar-refractivity contribution is 0.103. The molecule has 4 nitrogen and oxygen atoms in total. The second-order valence-electron chi connectivity index (χ2n) is 6.43. The predicted molar refractivity (Wildman–Crippen MR) is 114 cm³/mol. The van der Waals surface area contributed by atoms with Crippen LogP contribution in [0.3, 0.4) is 0 Å². The molecule has 27 heavy (non-hydrogen) atoms. The van der Waals surface area contributed by atoms with Crippen LogP contribution in [-0.4, -0.2) is 37.3 Å². The van der Waals surface area contributed by atoms with Crippen molar-refractivity contribution in [3.8, 4) is 0 Å². The van der Waals surface area contributed by atoms with E-state index in [2.05, 4.69) is 35.9 Å². The SMILES string of the molecule is CCN(CC)c1ccc(N=C2C=C(C(C)=NC)C(=O)c3ccccc32)cc1. The highest BCUT2D eigenvalue weighted by Gasteiger charge is 2.25. The molecule has 0 saturated carbocycles. The van der Waals surface area contributed by atoms with E-state index >= 15 is 0 Å². The largest absolute Gasteiger partial charge is 0.372 e. The van der Waals surface area contributed by atoms with Gasteiger partial charge < -0.3 is 4.90 Å². The Bertz CT molecular complexity index is 932. The molecule has 1 aliphatic carbocycles. The van der Waals surface area contributed by atoms with Crippen LogP contribution in [0.25, 0.3) is 0 Å². The number of fused-ring (bicyclic) bond motifs is 1. The molecule has 0 aliphatic heterocycles. The van der Waals surface area contributed by atoms with Crippen LogP contribution >= 0.6 is 0 Å². The third-order valence-corrected chi connectivity index (χ3v) is 4.93. The highest BCUT2D eigenvalue weighted by atomic mass is 16.1. The monoisotopic (exact) mass is 359 g/mol. The summed E-state index contributed by atoms with van der Waals surface area (Å²) in [5.41, 5.74) is 5.71. The third kappa shape index (κ3) is 3.75. The predicted octanol–water partition coefficient (Wildman–Crippen LogP) is 4.87. The molecular formula is C23H25N3O. The van der Waals surface area contributed by atoms with Crippen LogP contribution in [0.15, 0.2) is 70.2 Å². The number of Topliss-reactive ketones (excluding diaryl/α,β-unsaturated/α-hetero) is 1. The number of rotatable bonds is 5. The first-order valence-electron chi connectivity index (χ1n) is 9.32. The van der Waals surface area contributed by atoms with Gasteiger partial charge in [-0.05, 0) is 51.1 Å². The Kier molecular flexibility index (Phi) is 5.65. The topological polar surface area (TPSA) is 45.0 Å². The molecule has 0 saturated heterocycles. The Labute approximate surface area is 161 Å². The van der Waals surface area contributed by atoms with E-state index in [0.717, 1.165) is 35.8 Å². The maximum atomic E-state index is 12.8. The average molecular weight is 359 g/mol. The quantitative estimate of drug-likeness (QED) is 0.715. The van der Waals surface area contributed by atoms with Crippen LogP contribution in [0.5, 0.6) is 0 Å². The van der Waals surface area contributed by atoms with Gasteiger partial charge >= 0.3 is 0 Å². The molecule has 0 N–H and O–H groups in total. The molecule has 2 aromatic rings. The summed E-state index contributed by atoms with van der Waals surface area (Å²) in [6.45, 7) is 8.10. The number of carbonyl (C=O) groups is 1. The summed E-state index contributed by atoms with van der Waals surface area (Å²) in [5.74, 6) is 0.00420. The van der Waals surface area contributed by atoms with Gasteiger partial charge in [-0.25, -0.2) is 4.99 Å². The zero-order chi connectivity index (χ0) is 19.4. The Morgan fingerprint density at radius 3 is 2.19 bits per heavy atom. The summed E-state index contributed by atoms with van der Waals surface area (Å²) in [6, 6.07) is 15.8. The number of aliphatic imine (C=N–C) groups is 2. The summed E-state index contributed by atoms with van der Waals surface area (Å²) in [4.78, 5) is 24.1. The van der Waals surface area contributed by atoms with Crippen LogP contribution in [0.1, 0.15) is 36.7 Å². The van der Waals surface area contributed by atoms with Crippen molar-refractivity contribution in [3.05, 3.63) is 71.3 Å². The van der Waals surface area contributed by atoms with Gasteiger partial charge in [0.2, 0.25) is 0 Å². The smallest absolute Gasteiger partial charge is 0.195 e.